The number of aryl methyl sites for hydroxylation is 2. The molecule has 2 aromatic carbocycles. The van der Waals surface area contributed by atoms with Crippen molar-refractivity contribution < 1.29 is 33.7 Å². The van der Waals surface area contributed by atoms with Crippen LogP contribution in [0.25, 0.3) is 22.0 Å². The molecule has 2 heterocycles. The maximum absolute atomic E-state index is 9.59. The summed E-state index contributed by atoms with van der Waals surface area (Å²) in [5.74, 6) is 2.57. The molecule has 1 unspecified atom stereocenters. The summed E-state index contributed by atoms with van der Waals surface area (Å²) >= 11 is 0. The molecule has 0 amide bonds. The molecule has 4 rings (SSSR count). The van der Waals surface area contributed by atoms with Gasteiger partial charge < -0.3 is 29.2 Å². The van der Waals surface area contributed by atoms with E-state index in [9.17, 15) is 5.11 Å². The number of hydrogen-bond donors (Lipinski definition) is 2. The largest absolute Gasteiger partial charge is 0.493 e. The van der Waals surface area contributed by atoms with E-state index in [1.807, 2.05) is 24.3 Å². The number of hydrogen-bond acceptors (Lipinski definition) is 6. The van der Waals surface area contributed by atoms with Gasteiger partial charge in [-0.3, -0.25) is 0 Å². The summed E-state index contributed by atoms with van der Waals surface area (Å²) in [6.45, 7) is 0.462. The van der Waals surface area contributed by atoms with Crippen LogP contribution in [0.3, 0.4) is 0 Å². The highest BCUT2D eigenvalue weighted by Gasteiger charge is 2.27. The third-order valence-corrected chi connectivity index (χ3v) is 5.43. The third-order valence-electron chi connectivity index (χ3n) is 5.43. The third kappa shape index (κ3) is 3.51. The van der Waals surface area contributed by atoms with Crippen molar-refractivity contribution in [2.24, 2.45) is 0 Å². The molecule has 0 aliphatic carbocycles. The van der Waals surface area contributed by atoms with Crippen LogP contribution in [-0.4, -0.2) is 50.9 Å². The lowest BCUT2D eigenvalue weighted by atomic mass is 9.95. The fourth-order valence-electron chi connectivity index (χ4n) is 3.90. The molecule has 0 radical (unpaired) electrons. The Bertz CT molecular complexity index is 1080. The molecule has 7 heteroatoms. The highest BCUT2D eigenvalue weighted by Crippen LogP contribution is 2.40. The van der Waals surface area contributed by atoms with Crippen molar-refractivity contribution in [1.29, 1.82) is 0 Å². The van der Waals surface area contributed by atoms with E-state index in [1.54, 1.807) is 21.3 Å². The van der Waals surface area contributed by atoms with Gasteiger partial charge in [0.1, 0.15) is 12.7 Å². The zero-order valence-corrected chi connectivity index (χ0v) is 17.3. The molecule has 1 aliphatic heterocycles. The molecule has 158 valence electrons. The van der Waals surface area contributed by atoms with Crippen molar-refractivity contribution in [1.82, 2.24) is 0 Å². The summed E-state index contributed by atoms with van der Waals surface area (Å²) in [6, 6.07) is 9.99. The number of rotatable bonds is 7. The Labute approximate surface area is 175 Å². The molecular weight excluding hydrogens is 386 g/mol. The van der Waals surface area contributed by atoms with Gasteiger partial charge in [0, 0.05) is 12.5 Å². The fraction of sp³-hybridized carbons (Fsp3) is 0.348. The Morgan fingerprint density at radius 3 is 2.47 bits per heavy atom. The second kappa shape index (κ2) is 8.38. The number of aliphatic hydroxyl groups is 2. The molecule has 30 heavy (non-hydrogen) atoms. The quantitative estimate of drug-likeness (QED) is 0.579. The summed E-state index contributed by atoms with van der Waals surface area (Å²) in [6.07, 6.45) is 2.00. The minimum atomic E-state index is -0.938. The first kappa shape index (κ1) is 20.3. The Morgan fingerprint density at radius 2 is 1.77 bits per heavy atom. The standard InChI is InChI=1S/C23H26NO6/c1-27-21-9-15-6-7-24-11-18-14(8-19(24)17(15)10-22(21)28-2)4-5-20(23(18)29-3)30-13-16(26)12-25/h4-5,8-11,16,25-26H,6-7,12-13H2,1-3H3/q+1. The van der Waals surface area contributed by atoms with Crippen molar-refractivity contribution in [2.45, 2.75) is 19.1 Å². The molecular formula is C23H26NO6+. The van der Waals surface area contributed by atoms with Crippen molar-refractivity contribution >= 4 is 10.8 Å². The van der Waals surface area contributed by atoms with Crippen molar-refractivity contribution in [3.05, 3.63) is 42.1 Å². The van der Waals surface area contributed by atoms with E-state index in [2.05, 4.69) is 16.8 Å². The summed E-state index contributed by atoms with van der Waals surface area (Å²) in [5, 5.41) is 20.5. The molecule has 1 aliphatic rings. The number of benzene rings is 2. The van der Waals surface area contributed by atoms with Crippen molar-refractivity contribution in [3.63, 3.8) is 0 Å². The Hall–Kier alpha value is -3.03. The van der Waals surface area contributed by atoms with E-state index in [4.69, 9.17) is 24.1 Å². The molecule has 1 aromatic heterocycles. The monoisotopic (exact) mass is 412 g/mol. The summed E-state index contributed by atoms with van der Waals surface area (Å²) in [7, 11) is 4.89. The maximum Gasteiger partial charge on any atom is 0.213 e. The number of fused-ring (bicyclic) bond motifs is 4. The second-order valence-electron chi connectivity index (χ2n) is 7.21. The number of pyridine rings is 1. The predicted octanol–water partition coefficient (Wildman–Crippen LogP) is 2.11. The lowest BCUT2D eigenvalue weighted by Gasteiger charge is -2.19. The van der Waals surface area contributed by atoms with Crippen LogP contribution in [0.15, 0.2) is 36.5 Å². The summed E-state index contributed by atoms with van der Waals surface area (Å²) in [5.41, 5.74) is 3.43. The van der Waals surface area contributed by atoms with Gasteiger partial charge in [0.25, 0.3) is 0 Å². The van der Waals surface area contributed by atoms with Crippen molar-refractivity contribution in [2.75, 3.05) is 34.5 Å². The van der Waals surface area contributed by atoms with E-state index >= 15 is 0 Å². The number of nitrogens with zero attached hydrogens (tertiary/aromatic N) is 1. The van der Waals surface area contributed by atoms with Gasteiger partial charge in [-0.1, -0.05) is 0 Å². The van der Waals surface area contributed by atoms with Crippen LogP contribution in [0.2, 0.25) is 0 Å². The highest BCUT2D eigenvalue weighted by atomic mass is 16.5. The Morgan fingerprint density at radius 1 is 1.00 bits per heavy atom. The van der Waals surface area contributed by atoms with Crippen molar-refractivity contribution in [3.8, 4) is 34.3 Å². The van der Waals surface area contributed by atoms with Gasteiger partial charge in [-0.2, -0.15) is 4.57 Å². The highest BCUT2D eigenvalue weighted by molar-refractivity contribution is 5.91. The van der Waals surface area contributed by atoms with Gasteiger partial charge in [0.15, 0.2) is 35.7 Å². The van der Waals surface area contributed by atoms with Crippen LogP contribution in [0.1, 0.15) is 5.56 Å². The van der Waals surface area contributed by atoms with Gasteiger partial charge >= 0.3 is 0 Å². The normalized spacial score (nSPS) is 13.4. The van der Waals surface area contributed by atoms with Crippen LogP contribution in [-0.2, 0) is 13.0 Å². The second-order valence-corrected chi connectivity index (χ2v) is 7.21. The maximum atomic E-state index is 9.59. The number of aliphatic hydroxyl groups excluding tert-OH is 2. The zero-order chi connectivity index (χ0) is 21.3. The Kier molecular flexibility index (Phi) is 5.65. The van der Waals surface area contributed by atoms with Gasteiger partial charge in [-0.05, 0) is 35.2 Å². The van der Waals surface area contributed by atoms with E-state index in [-0.39, 0.29) is 13.2 Å². The molecule has 1 atom stereocenters. The summed E-state index contributed by atoms with van der Waals surface area (Å²) < 4.78 is 24.5. The predicted molar refractivity (Wildman–Crippen MR) is 112 cm³/mol. The van der Waals surface area contributed by atoms with Crippen LogP contribution in [0.4, 0.5) is 0 Å². The van der Waals surface area contributed by atoms with Gasteiger partial charge in [-0.15, -0.1) is 0 Å². The first-order valence-electron chi connectivity index (χ1n) is 9.80. The van der Waals surface area contributed by atoms with Gasteiger partial charge in [-0.25, -0.2) is 0 Å². The SMILES string of the molecule is COc1cc2c(cc1OC)-c1cc3ccc(OCC(O)CO)c(OC)c3c[n+]1CC2. The van der Waals surface area contributed by atoms with Crippen LogP contribution >= 0.6 is 0 Å². The molecule has 0 saturated heterocycles. The first-order chi connectivity index (χ1) is 14.6. The number of methoxy groups -OCH3 is 3. The molecule has 7 nitrogen and oxygen atoms in total. The van der Waals surface area contributed by atoms with E-state index in [0.29, 0.717) is 17.2 Å². The fourth-order valence-corrected chi connectivity index (χ4v) is 3.90. The van der Waals surface area contributed by atoms with Gasteiger partial charge in [0.05, 0.1) is 38.9 Å². The van der Waals surface area contributed by atoms with Crippen LogP contribution < -0.4 is 23.5 Å². The zero-order valence-electron chi connectivity index (χ0n) is 17.3. The average Bonchev–Trinajstić information content (AvgIpc) is 2.79. The lowest BCUT2D eigenvalue weighted by molar-refractivity contribution is -0.686. The first-order valence-corrected chi connectivity index (χ1v) is 9.80. The smallest absolute Gasteiger partial charge is 0.213 e. The lowest BCUT2D eigenvalue weighted by Crippen LogP contribution is -2.40. The minimum absolute atomic E-state index is 0.00848. The van der Waals surface area contributed by atoms with Crippen LogP contribution in [0, 0.1) is 0 Å². The number of aromatic nitrogens is 1. The van der Waals surface area contributed by atoms with E-state index < -0.39 is 6.10 Å². The summed E-state index contributed by atoms with van der Waals surface area (Å²) in [4.78, 5) is 0. The Balaban J connectivity index is 1.81. The molecule has 0 fully saturated rings. The molecule has 0 saturated carbocycles. The van der Waals surface area contributed by atoms with Crippen LogP contribution in [0.5, 0.6) is 23.0 Å². The topological polar surface area (TPSA) is 81.3 Å². The molecule has 3 aromatic rings. The van der Waals surface area contributed by atoms with Gasteiger partial charge in [0.2, 0.25) is 5.69 Å². The average molecular weight is 412 g/mol. The van der Waals surface area contributed by atoms with E-state index in [1.165, 1.54) is 5.56 Å². The van der Waals surface area contributed by atoms with E-state index in [0.717, 1.165) is 40.7 Å². The molecule has 2 N–H and O–H groups in total. The molecule has 0 spiro atoms. The number of ether oxygens (including phenoxy) is 4. The minimum Gasteiger partial charge on any atom is -0.493 e. The molecule has 0 bridgehead atoms.